The summed E-state index contributed by atoms with van der Waals surface area (Å²) in [6.07, 6.45) is 6.49. The summed E-state index contributed by atoms with van der Waals surface area (Å²) in [5, 5.41) is 12.3. The van der Waals surface area contributed by atoms with E-state index in [0.717, 1.165) is 5.56 Å². The van der Waals surface area contributed by atoms with Gasteiger partial charge in [-0.2, -0.15) is 0 Å². The van der Waals surface area contributed by atoms with Crippen LogP contribution in [0, 0.1) is 11.8 Å². The number of carbonyl (C=O) groups excluding carboxylic acids is 4. The smallest absolute Gasteiger partial charge is 0.306 e. The van der Waals surface area contributed by atoms with Crippen molar-refractivity contribution in [1.29, 1.82) is 0 Å². The molecule has 3 aliphatic heterocycles. The van der Waals surface area contributed by atoms with Crippen molar-refractivity contribution in [3.63, 3.8) is 0 Å². The van der Waals surface area contributed by atoms with Gasteiger partial charge in [-0.05, 0) is 57.9 Å². The molecular weight excluding hydrogens is 562 g/mol. The zero-order valence-corrected chi connectivity index (χ0v) is 26.0. The fourth-order valence-electron chi connectivity index (χ4n) is 7.04. The molecule has 240 valence electrons. The molecule has 6 atom stereocenters. The highest BCUT2D eigenvalue weighted by Crippen LogP contribution is 2.58. The number of aliphatic hydroxyl groups is 1. The van der Waals surface area contributed by atoms with Gasteiger partial charge in [0.1, 0.15) is 18.2 Å². The first kappa shape index (κ1) is 33.4. The molecule has 44 heavy (non-hydrogen) atoms. The van der Waals surface area contributed by atoms with Crippen molar-refractivity contribution < 1.29 is 33.8 Å². The van der Waals surface area contributed by atoms with Gasteiger partial charge in [0, 0.05) is 32.2 Å². The van der Waals surface area contributed by atoms with Crippen LogP contribution in [0.25, 0.3) is 0 Å². The third-order valence-corrected chi connectivity index (χ3v) is 9.11. The lowest BCUT2D eigenvalue weighted by Gasteiger charge is -2.38. The van der Waals surface area contributed by atoms with Crippen LogP contribution in [-0.2, 0) is 28.7 Å². The molecule has 1 aromatic carbocycles. The normalized spacial score (nSPS) is 25.9. The first-order valence-electron chi connectivity index (χ1n) is 15.8. The summed E-state index contributed by atoms with van der Waals surface area (Å²) in [5.74, 6) is -2.79. The maximum Gasteiger partial charge on any atom is 0.306 e. The van der Waals surface area contributed by atoms with Gasteiger partial charge >= 0.3 is 5.97 Å². The zero-order chi connectivity index (χ0) is 31.9. The predicted octanol–water partition coefficient (Wildman–Crippen LogP) is 3.31. The van der Waals surface area contributed by atoms with Gasteiger partial charge in [-0.25, -0.2) is 0 Å². The van der Waals surface area contributed by atoms with Gasteiger partial charge in [0.15, 0.2) is 0 Å². The minimum absolute atomic E-state index is 0.0581. The Morgan fingerprint density at radius 2 is 1.93 bits per heavy atom. The second kappa shape index (κ2) is 15.0. The highest BCUT2D eigenvalue weighted by molar-refractivity contribution is 5.99. The molecule has 4 rings (SSSR count). The van der Waals surface area contributed by atoms with Crippen LogP contribution in [0.1, 0.15) is 70.4 Å². The molecule has 10 heteroatoms. The minimum atomic E-state index is -1.11. The van der Waals surface area contributed by atoms with Crippen LogP contribution in [0.2, 0.25) is 0 Å². The molecule has 0 saturated carbocycles. The molecule has 3 aliphatic rings. The van der Waals surface area contributed by atoms with E-state index in [1.807, 2.05) is 44.2 Å². The predicted molar refractivity (Wildman–Crippen MR) is 165 cm³/mol. The van der Waals surface area contributed by atoms with Crippen molar-refractivity contribution in [3.8, 4) is 0 Å². The average molecular weight is 610 g/mol. The fourth-order valence-corrected chi connectivity index (χ4v) is 7.04. The number of nitrogens with zero attached hydrogens (tertiary/aromatic N) is 2. The van der Waals surface area contributed by atoms with E-state index in [1.165, 1.54) is 0 Å². The van der Waals surface area contributed by atoms with Crippen molar-refractivity contribution in [3.05, 3.63) is 61.2 Å². The van der Waals surface area contributed by atoms with Gasteiger partial charge in [0.2, 0.25) is 17.7 Å². The lowest BCUT2D eigenvalue weighted by Crippen LogP contribution is -2.57. The molecule has 0 aliphatic carbocycles. The molecule has 1 spiro atoms. The number of likely N-dealkylation sites (tertiary alicyclic amines) is 1. The molecule has 2 N–H and O–H groups in total. The number of carbonyl (C=O) groups is 4. The first-order chi connectivity index (χ1) is 21.2. The van der Waals surface area contributed by atoms with Crippen LogP contribution in [-0.4, -0.2) is 88.7 Å². The molecule has 0 aromatic heterocycles. The third-order valence-electron chi connectivity index (χ3n) is 9.11. The van der Waals surface area contributed by atoms with E-state index in [1.54, 1.807) is 22.0 Å². The van der Waals surface area contributed by atoms with Crippen molar-refractivity contribution in [2.75, 3.05) is 26.3 Å². The fraction of sp³-hybridized carbons (Fsp3) is 0.588. The number of amides is 3. The lowest BCUT2D eigenvalue weighted by atomic mass is 9.70. The topological polar surface area (TPSA) is 125 Å². The molecular formula is C34H47N3O7. The number of nitrogens with one attached hydrogen (secondary N) is 1. The summed E-state index contributed by atoms with van der Waals surface area (Å²) in [5.41, 5.74) is -0.338. The molecule has 0 radical (unpaired) electrons. The van der Waals surface area contributed by atoms with Crippen molar-refractivity contribution >= 4 is 23.7 Å². The highest BCUT2D eigenvalue weighted by Gasteiger charge is 2.74. The van der Waals surface area contributed by atoms with Crippen molar-refractivity contribution in [2.45, 2.75) is 88.6 Å². The number of allylic oxidation sites excluding steroid dienone is 1. The maximum absolute atomic E-state index is 14.2. The molecule has 1 aromatic rings. The summed E-state index contributed by atoms with van der Waals surface area (Å²) in [6.45, 7) is 12.0. The number of hydrogen-bond donors (Lipinski definition) is 2. The number of aliphatic hydroxyl groups excluding tert-OH is 1. The highest BCUT2D eigenvalue weighted by atomic mass is 16.5. The third kappa shape index (κ3) is 6.76. The van der Waals surface area contributed by atoms with Crippen LogP contribution < -0.4 is 5.32 Å². The number of hydrogen-bond acceptors (Lipinski definition) is 7. The summed E-state index contributed by atoms with van der Waals surface area (Å²) < 4.78 is 12.1. The van der Waals surface area contributed by atoms with Crippen LogP contribution in [0.3, 0.4) is 0 Å². The van der Waals surface area contributed by atoms with E-state index in [2.05, 4.69) is 18.5 Å². The molecule has 10 nitrogen and oxygen atoms in total. The summed E-state index contributed by atoms with van der Waals surface area (Å²) in [6, 6.07) is 7.66. The Bertz CT molecular complexity index is 1200. The molecule has 2 bridgehead atoms. The van der Waals surface area contributed by atoms with E-state index in [4.69, 9.17) is 9.47 Å². The van der Waals surface area contributed by atoms with Crippen LogP contribution >= 0.6 is 0 Å². The zero-order valence-electron chi connectivity index (χ0n) is 26.0. The summed E-state index contributed by atoms with van der Waals surface area (Å²) in [7, 11) is 0. The van der Waals surface area contributed by atoms with Gasteiger partial charge in [-0.1, -0.05) is 42.5 Å². The van der Waals surface area contributed by atoms with E-state index >= 15 is 0 Å². The number of fused-ring (bicyclic) bond motifs is 1. The molecule has 0 unspecified atom stereocenters. The van der Waals surface area contributed by atoms with E-state index in [-0.39, 0.29) is 49.4 Å². The Balaban J connectivity index is 1.61. The van der Waals surface area contributed by atoms with Crippen molar-refractivity contribution in [1.82, 2.24) is 15.1 Å². The standard InChI is InChI=1S/C34H47N3O7/c1-5-7-16-27(39)43-22-25(24-14-10-8-11-15-24)35-31(40)28-26-17-18-34(44-26)29(28)32(41)37(20-12-9-13-21-38)30(34)33(42)36(19-6-2)23(3)4/h5-6,8,10-11,14-15,23,25-26,28-30,38H,1-2,7,9,12-13,16-22H2,3-4H3,(H,35,40)/t25-,26-,28+,29+,30-,34+/m1/s1. The largest absolute Gasteiger partial charge is 0.463 e. The second-order valence-electron chi connectivity index (χ2n) is 12.2. The van der Waals surface area contributed by atoms with Crippen LogP contribution in [0.4, 0.5) is 0 Å². The second-order valence-corrected chi connectivity index (χ2v) is 12.2. The van der Waals surface area contributed by atoms with Crippen LogP contribution in [0.5, 0.6) is 0 Å². The molecule has 3 saturated heterocycles. The number of ether oxygens (including phenoxy) is 2. The number of benzene rings is 1. The van der Waals surface area contributed by atoms with Crippen molar-refractivity contribution in [2.24, 2.45) is 11.8 Å². The van der Waals surface area contributed by atoms with E-state index in [0.29, 0.717) is 51.6 Å². The molecule has 3 fully saturated rings. The van der Waals surface area contributed by atoms with Gasteiger partial charge < -0.3 is 29.7 Å². The van der Waals surface area contributed by atoms with E-state index < -0.39 is 35.6 Å². The summed E-state index contributed by atoms with van der Waals surface area (Å²) >= 11 is 0. The Hall–Kier alpha value is -3.50. The first-order valence-corrected chi connectivity index (χ1v) is 15.8. The Labute approximate surface area is 260 Å². The Kier molecular flexibility index (Phi) is 11.4. The SMILES string of the molecule is C=CCCC(=O)OC[C@@H](NC(=O)[C@@H]1[C@H]2C(=O)N(CCCCCO)[C@H](C(=O)N(CC=C)C(C)C)[C@]23CC[C@H]1O3)c1ccccc1. The van der Waals surface area contributed by atoms with Gasteiger partial charge in [0.25, 0.3) is 0 Å². The summed E-state index contributed by atoms with van der Waals surface area (Å²) in [4.78, 5) is 58.2. The van der Waals surface area contributed by atoms with E-state index in [9.17, 15) is 24.3 Å². The minimum Gasteiger partial charge on any atom is -0.463 e. The van der Waals surface area contributed by atoms with Gasteiger partial charge in [-0.15, -0.1) is 13.2 Å². The Morgan fingerprint density at radius 3 is 2.59 bits per heavy atom. The number of rotatable bonds is 17. The molecule has 3 heterocycles. The van der Waals surface area contributed by atoms with Gasteiger partial charge in [0.05, 0.1) is 24.0 Å². The number of esters is 1. The lowest BCUT2D eigenvalue weighted by molar-refractivity contribution is -0.149. The van der Waals surface area contributed by atoms with Crippen LogP contribution in [0.15, 0.2) is 55.6 Å². The molecule has 3 amide bonds. The average Bonchev–Trinajstić information content (AvgIpc) is 3.66. The number of unbranched alkanes of at least 4 members (excludes halogenated alkanes) is 2. The maximum atomic E-state index is 14.2. The quantitative estimate of drug-likeness (QED) is 0.158. The Morgan fingerprint density at radius 1 is 1.18 bits per heavy atom. The van der Waals surface area contributed by atoms with Gasteiger partial charge in [-0.3, -0.25) is 19.2 Å². The monoisotopic (exact) mass is 609 g/mol.